The third kappa shape index (κ3) is 2.74. The van der Waals surface area contributed by atoms with E-state index in [1.165, 1.54) is 12.3 Å². The number of aryl methyl sites for hydroxylation is 1. The average Bonchev–Trinajstić information content (AvgIpc) is 2.64. The predicted octanol–water partition coefficient (Wildman–Crippen LogP) is 2.56. The first-order valence-corrected chi connectivity index (χ1v) is 7.82. The van der Waals surface area contributed by atoms with Crippen molar-refractivity contribution in [2.24, 2.45) is 0 Å². The third-order valence-electron chi connectivity index (χ3n) is 4.38. The number of benzene rings is 1. The number of rotatable bonds is 1. The minimum atomic E-state index is -0.249. The molecule has 1 amide bonds. The van der Waals surface area contributed by atoms with Gasteiger partial charge in [-0.3, -0.25) is 9.59 Å². The van der Waals surface area contributed by atoms with E-state index >= 15 is 0 Å². The van der Waals surface area contributed by atoms with E-state index in [-0.39, 0.29) is 22.9 Å². The first kappa shape index (κ1) is 15.3. The van der Waals surface area contributed by atoms with E-state index in [0.717, 1.165) is 30.0 Å². The van der Waals surface area contributed by atoms with Crippen molar-refractivity contribution in [3.05, 3.63) is 58.0 Å². The van der Waals surface area contributed by atoms with Crippen LogP contribution in [-0.4, -0.2) is 30.5 Å². The third-order valence-corrected chi connectivity index (χ3v) is 4.38. The number of hydrogen-bond donors (Lipinski definition) is 1. The van der Waals surface area contributed by atoms with Crippen molar-refractivity contribution in [1.29, 1.82) is 0 Å². The van der Waals surface area contributed by atoms with Gasteiger partial charge in [0.15, 0.2) is 5.43 Å². The Kier molecular flexibility index (Phi) is 3.94. The fourth-order valence-electron chi connectivity index (χ4n) is 3.04. The summed E-state index contributed by atoms with van der Waals surface area (Å²) in [7, 11) is 2.03. The molecule has 2 aromatic rings. The van der Waals surface area contributed by atoms with Crippen LogP contribution < -0.4 is 15.2 Å². The van der Waals surface area contributed by atoms with E-state index in [1.54, 1.807) is 11.8 Å². The smallest absolute Gasteiger partial charge is 0.264 e. The number of anilines is 2. The Hall–Kier alpha value is -2.56. The Labute approximate surface area is 135 Å². The van der Waals surface area contributed by atoms with Crippen LogP contribution in [0, 0.1) is 6.92 Å². The van der Waals surface area contributed by atoms with Gasteiger partial charge in [0.2, 0.25) is 0 Å². The summed E-state index contributed by atoms with van der Waals surface area (Å²) in [5.74, 6) is -0.249. The topological polar surface area (TPSA) is 56.4 Å². The summed E-state index contributed by atoms with van der Waals surface area (Å²) in [5, 5.41) is 0. The first-order chi connectivity index (χ1) is 11.0. The molecule has 1 aliphatic heterocycles. The number of nitrogens with zero attached hydrogens (tertiary/aromatic N) is 2. The monoisotopic (exact) mass is 311 g/mol. The fourth-order valence-corrected chi connectivity index (χ4v) is 3.04. The van der Waals surface area contributed by atoms with Gasteiger partial charge < -0.3 is 14.8 Å². The minimum Gasteiger partial charge on any atom is -0.373 e. The summed E-state index contributed by atoms with van der Waals surface area (Å²) in [4.78, 5) is 32.1. The lowest BCUT2D eigenvalue weighted by molar-refractivity contribution is 0.0977. The van der Waals surface area contributed by atoms with Crippen molar-refractivity contribution in [2.75, 3.05) is 23.4 Å². The normalized spacial score (nSPS) is 17.6. The summed E-state index contributed by atoms with van der Waals surface area (Å²) in [5.41, 5.74) is 2.55. The van der Waals surface area contributed by atoms with E-state index in [9.17, 15) is 9.59 Å². The fraction of sp³-hybridized carbons (Fsp3) is 0.333. The van der Waals surface area contributed by atoms with Gasteiger partial charge in [0.25, 0.3) is 5.91 Å². The van der Waals surface area contributed by atoms with Crippen molar-refractivity contribution < 1.29 is 4.79 Å². The molecule has 23 heavy (non-hydrogen) atoms. The van der Waals surface area contributed by atoms with Crippen LogP contribution in [0.5, 0.6) is 0 Å². The second-order valence-electron chi connectivity index (χ2n) is 6.12. The van der Waals surface area contributed by atoms with Crippen LogP contribution in [0.3, 0.4) is 0 Å². The van der Waals surface area contributed by atoms with Crippen LogP contribution in [0.1, 0.15) is 29.4 Å². The molecule has 0 spiro atoms. The van der Waals surface area contributed by atoms with Gasteiger partial charge in [-0.25, -0.2) is 0 Å². The zero-order valence-corrected chi connectivity index (χ0v) is 13.7. The zero-order chi connectivity index (χ0) is 16.6. The maximum atomic E-state index is 13.1. The summed E-state index contributed by atoms with van der Waals surface area (Å²) in [6, 6.07) is 9.32. The van der Waals surface area contributed by atoms with Crippen LogP contribution in [0.2, 0.25) is 0 Å². The molecule has 1 unspecified atom stereocenters. The summed E-state index contributed by atoms with van der Waals surface area (Å²) in [6.45, 7) is 4.69. The summed E-state index contributed by atoms with van der Waals surface area (Å²) >= 11 is 0. The number of fused-ring (bicyclic) bond motifs is 1. The number of para-hydroxylation sites is 2. The molecule has 120 valence electrons. The lowest BCUT2D eigenvalue weighted by Crippen LogP contribution is -2.40. The summed E-state index contributed by atoms with van der Waals surface area (Å²) < 4.78 is 0. The van der Waals surface area contributed by atoms with Crippen molar-refractivity contribution in [2.45, 2.75) is 26.3 Å². The van der Waals surface area contributed by atoms with Gasteiger partial charge in [-0.1, -0.05) is 12.1 Å². The van der Waals surface area contributed by atoms with E-state index in [0.29, 0.717) is 0 Å². The molecule has 1 aliphatic rings. The average molecular weight is 311 g/mol. The number of aromatic nitrogens is 1. The van der Waals surface area contributed by atoms with Crippen LogP contribution in [0.25, 0.3) is 0 Å². The largest absolute Gasteiger partial charge is 0.373 e. The van der Waals surface area contributed by atoms with Crippen molar-refractivity contribution in [3.8, 4) is 0 Å². The molecule has 0 bridgehead atoms. The predicted molar refractivity (Wildman–Crippen MR) is 92.4 cm³/mol. The summed E-state index contributed by atoms with van der Waals surface area (Å²) in [6.07, 6.45) is 2.37. The molecule has 1 atom stereocenters. The number of H-pyrrole nitrogens is 1. The van der Waals surface area contributed by atoms with Gasteiger partial charge in [-0.05, 0) is 32.4 Å². The number of carbonyl (C=O) groups excluding carboxylic acids is 1. The molecule has 3 rings (SSSR count). The standard InChI is InChI=1S/C18H21N3O2/c1-12-10-17(22)14(11-19-12)18(23)21-13(2)8-9-20(3)15-6-4-5-7-16(15)21/h4-7,10-11,13H,8-9H2,1-3H3,(H,19,22). The number of aromatic amines is 1. The highest BCUT2D eigenvalue weighted by Crippen LogP contribution is 2.34. The zero-order valence-electron chi connectivity index (χ0n) is 13.7. The lowest BCUT2D eigenvalue weighted by atomic mass is 10.1. The maximum Gasteiger partial charge on any atom is 0.264 e. The molecule has 5 heteroatoms. The van der Waals surface area contributed by atoms with Gasteiger partial charge in [-0.2, -0.15) is 0 Å². The molecule has 0 aliphatic carbocycles. The number of amides is 1. The van der Waals surface area contributed by atoms with Crippen LogP contribution in [0.15, 0.2) is 41.3 Å². The first-order valence-electron chi connectivity index (χ1n) is 7.82. The highest BCUT2D eigenvalue weighted by molar-refractivity contribution is 6.08. The highest BCUT2D eigenvalue weighted by Gasteiger charge is 2.30. The Morgan fingerprint density at radius 2 is 1.96 bits per heavy atom. The van der Waals surface area contributed by atoms with E-state index in [1.807, 2.05) is 38.2 Å². The molecule has 1 N–H and O–H groups in total. The molecular weight excluding hydrogens is 290 g/mol. The number of hydrogen-bond acceptors (Lipinski definition) is 3. The molecule has 1 aromatic carbocycles. The molecule has 0 saturated heterocycles. The molecule has 2 heterocycles. The molecule has 5 nitrogen and oxygen atoms in total. The van der Waals surface area contributed by atoms with Gasteiger partial charge in [-0.15, -0.1) is 0 Å². The van der Waals surface area contributed by atoms with Gasteiger partial charge in [0.05, 0.1) is 11.4 Å². The number of pyridine rings is 1. The number of nitrogens with one attached hydrogen (secondary N) is 1. The minimum absolute atomic E-state index is 0.0225. The number of carbonyl (C=O) groups is 1. The Morgan fingerprint density at radius 1 is 1.26 bits per heavy atom. The maximum absolute atomic E-state index is 13.1. The van der Waals surface area contributed by atoms with E-state index in [2.05, 4.69) is 9.88 Å². The van der Waals surface area contributed by atoms with E-state index < -0.39 is 0 Å². The Balaban J connectivity index is 2.11. The van der Waals surface area contributed by atoms with Crippen LogP contribution in [-0.2, 0) is 0 Å². The van der Waals surface area contributed by atoms with Gasteiger partial charge >= 0.3 is 0 Å². The SMILES string of the molecule is Cc1cc(=O)c(C(=O)N2c3ccccc3N(C)CCC2C)c[nH]1. The molecule has 0 radical (unpaired) electrons. The van der Waals surface area contributed by atoms with Crippen molar-refractivity contribution in [3.63, 3.8) is 0 Å². The van der Waals surface area contributed by atoms with Gasteiger partial charge in [0, 0.05) is 37.6 Å². The van der Waals surface area contributed by atoms with E-state index in [4.69, 9.17) is 0 Å². The van der Waals surface area contributed by atoms with Crippen LogP contribution >= 0.6 is 0 Å². The Bertz CT molecular complexity index is 797. The van der Waals surface area contributed by atoms with Crippen molar-refractivity contribution in [1.82, 2.24) is 4.98 Å². The quantitative estimate of drug-likeness (QED) is 0.880. The second-order valence-corrected chi connectivity index (χ2v) is 6.12. The highest BCUT2D eigenvalue weighted by atomic mass is 16.2. The lowest BCUT2D eigenvalue weighted by Gasteiger charge is -2.28. The molecular formula is C18H21N3O2. The second kappa shape index (κ2) is 5.91. The molecule has 0 saturated carbocycles. The molecule has 0 fully saturated rings. The molecule has 1 aromatic heterocycles. The van der Waals surface area contributed by atoms with Crippen LogP contribution in [0.4, 0.5) is 11.4 Å². The van der Waals surface area contributed by atoms with Gasteiger partial charge in [0.1, 0.15) is 5.56 Å². The Morgan fingerprint density at radius 3 is 2.65 bits per heavy atom. The van der Waals surface area contributed by atoms with Crippen molar-refractivity contribution >= 4 is 17.3 Å².